The van der Waals surface area contributed by atoms with Crippen molar-refractivity contribution in [1.82, 2.24) is 24.8 Å². The standard InChI is InChI=1S/C22H31N7O/c1-16(19-25-21(23)27-22(26-19)24-18-8-4-2-5-9-18)28-14-10-17(11-15-28)20(30)29-12-6-3-7-13-29/h2,4-5,8-9,16-17H,3,6-7,10-15H2,1H3,(H3,23,24,25,26,27)/t16-/m1/s1. The molecule has 2 aliphatic rings. The second-order valence-corrected chi connectivity index (χ2v) is 8.24. The molecule has 8 heteroatoms. The van der Waals surface area contributed by atoms with E-state index in [0.29, 0.717) is 17.7 Å². The number of benzene rings is 1. The summed E-state index contributed by atoms with van der Waals surface area (Å²) < 4.78 is 0. The zero-order valence-corrected chi connectivity index (χ0v) is 17.6. The van der Waals surface area contributed by atoms with Gasteiger partial charge in [-0.1, -0.05) is 18.2 Å². The monoisotopic (exact) mass is 409 g/mol. The average molecular weight is 410 g/mol. The lowest BCUT2D eigenvalue weighted by molar-refractivity contribution is -0.138. The summed E-state index contributed by atoms with van der Waals surface area (Å²) in [5, 5.41) is 3.19. The van der Waals surface area contributed by atoms with E-state index in [2.05, 4.69) is 37.0 Å². The Morgan fingerprint density at radius 1 is 1.03 bits per heavy atom. The van der Waals surface area contributed by atoms with Crippen molar-refractivity contribution >= 4 is 23.5 Å². The minimum absolute atomic E-state index is 0.0117. The van der Waals surface area contributed by atoms with Crippen molar-refractivity contribution in [3.63, 3.8) is 0 Å². The number of nitrogens with one attached hydrogen (secondary N) is 1. The third kappa shape index (κ3) is 4.87. The molecule has 30 heavy (non-hydrogen) atoms. The van der Waals surface area contributed by atoms with Gasteiger partial charge in [-0.05, 0) is 64.3 Å². The summed E-state index contributed by atoms with van der Waals surface area (Å²) in [5.74, 6) is 1.80. The highest BCUT2D eigenvalue weighted by atomic mass is 16.2. The number of rotatable bonds is 5. The van der Waals surface area contributed by atoms with Crippen molar-refractivity contribution in [3.05, 3.63) is 36.2 Å². The first-order valence-corrected chi connectivity index (χ1v) is 11.0. The Morgan fingerprint density at radius 3 is 2.43 bits per heavy atom. The van der Waals surface area contributed by atoms with Crippen molar-refractivity contribution in [3.8, 4) is 0 Å². The molecule has 2 saturated heterocycles. The number of anilines is 3. The van der Waals surface area contributed by atoms with Crippen LogP contribution in [0.15, 0.2) is 30.3 Å². The van der Waals surface area contributed by atoms with E-state index in [1.165, 1.54) is 6.42 Å². The zero-order chi connectivity index (χ0) is 20.9. The Balaban J connectivity index is 1.38. The predicted octanol–water partition coefficient (Wildman–Crippen LogP) is 2.98. The highest BCUT2D eigenvalue weighted by Crippen LogP contribution is 2.27. The first-order valence-electron chi connectivity index (χ1n) is 11.0. The fourth-order valence-corrected chi connectivity index (χ4v) is 4.37. The van der Waals surface area contributed by atoms with Gasteiger partial charge in [-0.25, -0.2) is 0 Å². The number of carbonyl (C=O) groups excluding carboxylic acids is 1. The summed E-state index contributed by atoms with van der Waals surface area (Å²) >= 11 is 0. The lowest BCUT2D eigenvalue weighted by Crippen LogP contribution is -2.45. The summed E-state index contributed by atoms with van der Waals surface area (Å²) in [4.78, 5) is 30.4. The van der Waals surface area contributed by atoms with E-state index in [1.807, 2.05) is 30.3 Å². The third-order valence-electron chi connectivity index (χ3n) is 6.17. The van der Waals surface area contributed by atoms with E-state index in [1.54, 1.807) is 0 Å². The van der Waals surface area contributed by atoms with Gasteiger partial charge in [0.2, 0.25) is 17.8 Å². The predicted molar refractivity (Wildman–Crippen MR) is 117 cm³/mol. The maximum atomic E-state index is 12.8. The molecule has 1 aromatic carbocycles. The van der Waals surface area contributed by atoms with E-state index >= 15 is 0 Å². The number of nitrogen functional groups attached to an aromatic ring is 1. The number of carbonyl (C=O) groups is 1. The number of para-hydroxylation sites is 1. The Morgan fingerprint density at radius 2 is 1.73 bits per heavy atom. The normalized spacial score (nSPS) is 19.4. The molecule has 0 unspecified atom stereocenters. The van der Waals surface area contributed by atoms with E-state index in [4.69, 9.17) is 5.73 Å². The molecule has 4 rings (SSSR count). The van der Waals surface area contributed by atoms with Gasteiger partial charge in [0.05, 0.1) is 6.04 Å². The Labute approximate surface area is 177 Å². The molecule has 0 spiro atoms. The van der Waals surface area contributed by atoms with Crippen LogP contribution >= 0.6 is 0 Å². The van der Waals surface area contributed by atoms with Gasteiger partial charge >= 0.3 is 0 Å². The van der Waals surface area contributed by atoms with Crippen LogP contribution in [0.1, 0.15) is 50.9 Å². The number of hydrogen-bond acceptors (Lipinski definition) is 7. The maximum Gasteiger partial charge on any atom is 0.232 e. The van der Waals surface area contributed by atoms with Crippen LogP contribution in [0.3, 0.4) is 0 Å². The van der Waals surface area contributed by atoms with Crippen LogP contribution in [0, 0.1) is 5.92 Å². The van der Waals surface area contributed by atoms with Gasteiger partial charge in [-0.3, -0.25) is 9.69 Å². The van der Waals surface area contributed by atoms with Gasteiger partial charge in [0.25, 0.3) is 0 Å². The van der Waals surface area contributed by atoms with Crippen molar-refractivity contribution < 1.29 is 4.79 Å². The molecule has 1 atom stereocenters. The fraction of sp³-hybridized carbons (Fsp3) is 0.545. The largest absolute Gasteiger partial charge is 0.368 e. The zero-order valence-electron chi connectivity index (χ0n) is 17.6. The summed E-state index contributed by atoms with van der Waals surface area (Å²) in [6, 6.07) is 9.77. The quantitative estimate of drug-likeness (QED) is 0.783. The van der Waals surface area contributed by atoms with E-state index in [0.717, 1.165) is 57.5 Å². The Bertz CT molecular complexity index is 846. The Kier molecular flexibility index (Phi) is 6.42. The first-order chi connectivity index (χ1) is 14.6. The number of amides is 1. The van der Waals surface area contributed by atoms with Crippen LogP contribution < -0.4 is 11.1 Å². The second kappa shape index (κ2) is 9.38. The van der Waals surface area contributed by atoms with Crippen molar-refractivity contribution in [2.75, 3.05) is 37.2 Å². The molecule has 1 aromatic heterocycles. The number of aromatic nitrogens is 3. The molecule has 0 bridgehead atoms. The van der Waals surface area contributed by atoms with Crippen LogP contribution in [-0.4, -0.2) is 56.8 Å². The molecule has 8 nitrogen and oxygen atoms in total. The number of nitrogens with two attached hydrogens (primary N) is 1. The lowest BCUT2D eigenvalue weighted by Gasteiger charge is -2.37. The average Bonchev–Trinajstić information content (AvgIpc) is 2.79. The highest BCUT2D eigenvalue weighted by molar-refractivity contribution is 5.79. The van der Waals surface area contributed by atoms with Gasteiger partial charge in [-0.15, -0.1) is 0 Å². The number of nitrogens with zero attached hydrogens (tertiary/aromatic N) is 5. The summed E-state index contributed by atoms with van der Waals surface area (Å²) in [7, 11) is 0. The van der Waals surface area contributed by atoms with Crippen molar-refractivity contribution in [2.45, 2.75) is 45.1 Å². The van der Waals surface area contributed by atoms with Gasteiger partial charge in [0, 0.05) is 24.7 Å². The molecule has 0 radical (unpaired) electrons. The minimum Gasteiger partial charge on any atom is -0.368 e. The van der Waals surface area contributed by atoms with Crippen LogP contribution in [-0.2, 0) is 4.79 Å². The number of hydrogen-bond donors (Lipinski definition) is 2. The van der Waals surface area contributed by atoms with Crippen molar-refractivity contribution in [1.29, 1.82) is 0 Å². The van der Waals surface area contributed by atoms with Crippen LogP contribution in [0.25, 0.3) is 0 Å². The molecule has 2 aliphatic heterocycles. The Hall–Kier alpha value is -2.74. The van der Waals surface area contributed by atoms with Gasteiger partial charge in [0.1, 0.15) is 0 Å². The van der Waals surface area contributed by atoms with Crippen LogP contribution in [0.5, 0.6) is 0 Å². The fourth-order valence-electron chi connectivity index (χ4n) is 4.37. The van der Waals surface area contributed by atoms with E-state index in [9.17, 15) is 4.79 Å². The second-order valence-electron chi connectivity index (χ2n) is 8.24. The molecule has 3 heterocycles. The molecule has 3 N–H and O–H groups in total. The third-order valence-corrected chi connectivity index (χ3v) is 6.17. The van der Waals surface area contributed by atoms with Crippen LogP contribution in [0.4, 0.5) is 17.6 Å². The summed E-state index contributed by atoms with van der Waals surface area (Å²) in [6.45, 7) is 5.66. The maximum absolute atomic E-state index is 12.8. The molecule has 2 fully saturated rings. The number of likely N-dealkylation sites (tertiary alicyclic amines) is 2. The lowest BCUT2D eigenvalue weighted by atomic mass is 9.93. The minimum atomic E-state index is 0.0117. The highest BCUT2D eigenvalue weighted by Gasteiger charge is 2.31. The molecule has 2 aromatic rings. The summed E-state index contributed by atoms with van der Waals surface area (Å²) in [5.41, 5.74) is 6.86. The molecule has 0 saturated carbocycles. The smallest absolute Gasteiger partial charge is 0.232 e. The molecular weight excluding hydrogens is 378 g/mol. The van der Waals surface area contributed by atoms with E-state index < -0.39 is 0 Å². The van der Waals surface area contributed by atoms with Crippen molar-refractivity contribution in [2.24, 2.45) is 5.92 Å². The molecule has 160 valence electrons. The molecule has 1 amide bonds. The first kappa shape index (κ1) is 20.5. The summed E-state index contributed by atoms with van der Waals surface area (Å²) in [6.07, 6.45) is 5.30. The SMILES string of the molecule is C[C@H](c1nc(N)nc(Nc2ccccc2)n1)N1CCC(C(=O)N2CCCCC2)CC1. The van der Waals surface area contributed by atoms with Gasteiger partial charge in [-0.2, -0.15) is 15.0 Å². The van der Waals surface area contributed by atoms with E-state index in [-0.39, 0.29) is 17.9 Å². The topological polar surface area (TPSA) is 100 Å². The number of piperidine rings is 2. The molecular formula is C22H31N7O. The molecule has 0 aliphatic carbocycles. The van der Waals surface area contributed by atoms with Crippen LogP contribution in [0.2, 0.25) is 0 Å². The van der Waals surface area contributed by atoms with Gasteiger partial charge < -0.3 is 16.0 Å². The van der Waals surface area contributed by atoms with Gasteiger partial charge in [0.15, 0.2) is 5.82 Å².